The van der Waals surface area contributed by atoms with Crippen LogP contribution < -0.4 is 0 Å². The maximum absolute atomic E-state index is 11.8. The lowest BCUT2D eigenvalue weighted by molar-refractivity contribution is -0.875. The first-order chi connectivity index (χ1) is 16.0. The maximum atomic E-state index is 11.8. The van der Waals surface area contributed by atoms with Crippen LogP contribution in [0.4, 0.5) is 0 Å². The summed E-state index contributed by atoms with van der Waals surface area (Å²) in [6.07, 6.45) is 29.9. The zero-order valence-corrected chi connectivity index (χ0v) is 23.8. The number of hydrogen-bond donors (Lipinski definition) is 3. The van der Waals surface area contributed by atoms with E-state index in [0.717, 1.165) is 25.7 Å². The predicted molar refractivity (Wildman–Crippen MR) is 147 cm³/mol. The summed E-state index contributed by atoms with van der Waals surface area (Å²) in [5.74, 6) is 0. The number of unbranched alkanes of at least 4 members (excludes halogenated alkanes) is 14. The Morgan fingerprint density at radius 1 is 0.647 bits per heavy atom. The van der Waals surface area contributed by atoms with Crippen LogP contribution in [0, 0.1) is 0 Å². The third-order valence-electron chi connectivity index (χ3n) is 6.27. The third-order valence-corrected chi connectivity index (χ3v) is 7.72. The van der Waals surface area contributed by atoms with Gasteiger partial charge in [0.25, 0.3) is 0 Å². The minimum Gasteiger partial charge on any atom is -0.373 e. The van der Waals surface area contributed by atoms with Gasteiger partial charge in [-0.25, -0.2) is 0 Å². The first kappa shape index (κ1) is 33.5. The van der Waals surface area contributed by atoms with E-state index >= 15 is 0 Å². The molecule has 0 aliphatic rings. The van der Waals surface area contributed by atoms with Crippen molar-refractivity contribution in [2.24, 2.45) is 0 Å². The highest BCUT2D eigenvalue weighted by Crippen LogP contribution is 2.52. The van der Waals surface area contributed by atoms with Crippen molar-refractivity contribution in [3.8, 4) is 0 Å². The first-order valence-corrected chi connectivity index (χ1v) is 15.5. The van der Waals surface area contributed by atoms with E-state index < -0.39 is 12.9 Å². The van der Waals surface area contributed by atoms with E-state index in [1.165, 1.54) is 77.0 Å². The number of nitrogens with zero attached hydrogens (tertiary/aromatic N) is 1. The maximum Gasteiger partial charge on any atom is 0.362 e. The Morgan fingerprint density at radius 3 is 1.35 bits per heavy atom. The van der Waals surface area contributed by atoms with Crippen molar-refractivity contribution >= 4 is 7.60 Å². The highest BCUT2D eigenvalue weighted by atomic mass is 31.2. The Labute approximate surface area is 211 Å². The van der Waals surface area contributed by atoms with E-state index in [1.807, 2.05) is 21.1 Å². The van der Waals surface area contributed by atoms with Gasteiger partial charge in [-0.2, -0.15) is 0 Å². The number of aliphatic hydroxyl groups is 1. The summed E-state index contributed by atoms with van der Waals surface area (Å²) in [5.41, 5.74) is 0. The molecule has 0 spiro atoms. The van der Waals surface area contributed by atoms with Gasteiger partial charge >= 0.3 is 7.60 Å². The topological polar surface area (TPSA) is 77.8 Å². The Hall–Kier alpha value is -0.450. The van der Waals surface area contributed by atoms with Crippen LogP contribution in [0.3, 0.4) is 0 Å². The molecular weight excluding hydrogens is 445 g/mol. The van der Waals surface area contributed by atoms with Gasteiger partial charge in [0.15, 0.2) is 0 Å². The zero-order chi connectivity index (χ0) is 25.8. The Morgan fingerprint density at radius 2 is 1.00 bits per heavy atom. The SMILES string of the molecule is CCCCCCCC/C=C\CCCCCC/C=C\CCCCCC(O)(C[N+](C)(C)C)P(=O)(O)O. The highest BCUT2D eigenvalue weighted by Gasteiger charge is 2.48. The number of allylic oxidation sites excluding steroid dienone is 4. The fourth-order valence-electron chi connectivity index (χ4n) is 4.32. The quantitative estimate of drug-likeness (QED) is 0.0578. The van der Waals surface area contributed by atoms with Crippen LogP contribution in [0.1, 0.15) is 122 Å². The first-order valence-electron chi connectivity index (χ1n) is 13.9. The second kappa shape index (κ2) is 19.7. The van der Waals surface area contributed by atoms with Gasteiger partial charge in [0.1, 0.15) is 6.54 Å². The second-order valence-corrected chi connectivity index (χ2v) is 13.0. The number of likely N-dealkylation sites (N-methyl/N-ethyl adjacent to an activating group) is 1. The molecule has 3 N–H and O–H groups in total. The van der Waals surface area contributed by atoms with Gasteiger partial charge in [-0.05, 0) is 64.2 Å². The van der Waals surface area contributed by atoms with Crippen molar-refractivity contribution in [1.82, 2.24) is 0 Å². The Kier molecular flexibility index (Phi) is 19.4. The summed E-state index contributed by atoms with van der Waals surface area (Å²) >= 11 is 0. The van der Waals surface area contributed by atoms with Crippen LogP contribution in [0.2, 0.25) is 0 Å². The molecule has 0 heterocycles. The van der Waals surface area contributed by atoms with Gasteiger partial charge < -0.3 is 19.4 Å². The lowest BCUT2D eigenvalue weighted by atomic mass is 10.1. The monoisotopic (exact) mass is 502 g/mol. The normalized spacial score (nSPS) is 14.9. The van der Waals surface area contributed by atoms with Crippen LogP contribution >= 0.6 is 7.60 Å². The van der Waals surface area contributed by atoms with Gasteiger partial charge in [-0.15, -0.1) is 0 Å². The summed E-state index contributed by atoms with van der Waals surface area (Å²) in [6.45, 7) is 2.31. The van der Waals surface area contributed by atoms with E-state index in [4.69, 9.17) is 0 Å². The predicted octanol–water partition coefficient (Wildman–Crippen LogP) is 7.71. The van der Waals surface area contributed by atoms with Crippen LogP contribution in [0.5, 0.6) is 0 Å². The molecule has 1 unspecified atom stereocenters. The van der Waals surface area contributed by atoms with Crippen molar-refractivity contribution in [2.75, 3.05) is 27.7 Å². The van der Waals surface area contributed by atoms with Crippen molar-refractivity contribution < 1.29 is 23.9 Å². The Bertz CT molecular complexity index is 579. The molecule has 0 aromatic heterocycles. The van der Waals surface area contributed by atoms with Crippen molar-refractivity contribution in [3.05, 3.63) is 24.3 Å². The molecule has 34 heavy (non-hydrogen) atoms. The molecule has 0 saturated heterocycles. The molecule has 5 nitrogen and oxygen atoms in total. The minimum atomic E-state index is -4.56. The lowest BCUT2D eigenvalue weighted by Crippen LogP contribution is -2.49. The highest BCUT2D eigenvalue weighted by molar-refractivity contribution is 7.53. The van der Waals surface area contributed by atoms with Crippen LogP contribution in [-0.4, -0.2) is 52.4 Å². The summed E-state index contributed by atoms with van der Waals surface area (Å²) in [7, 11) is 0.944. The number of rotatable bonds is 23. The molecule has 0 fully saturated rings. The third kappa shape index (κ3) is 19.8. The molecule has 1 atom stereocenters. The molecule has 0 bridgehead atoms. The fraction of sp³-hybridized carbons (Fsp3) is 0.857. The Balaban J connectivity index is 3.63. The van der Waals surface area contributed by atoms with Crippen molar-refractivity contribution in [3.63, 3.8) is 0 Å². The number of quaternary nitrogens is 1. The lowest BCUT2D eigenvalue weighted by Gasteiger charge is -2.35. The van der Waals surface area contributed by atoms with E-state index in [-0.39, 0.29) is 13.0 Å². The van der Waals surface area contributed by atoms with E-state index in [0.29, 0.717) is 10.9 Å². The van der Waals surface area contributed by atoms with Gasteiger partial charge in [-0.3, -0.25) is 4.57 Å². The smallest absolute Gasteiger partial charge is 0.362 e. The molecule has 0 aromatic carbocycles. The molecule has 0 rings (SSSR count). The molecule has 6 heteroatoms. The number of hydrogen-bond acceptors (Lipinski definition) is 2. The van der Waals surface area contributed by atoms with Crippen molar-refractivity contribution in [1.29, 1.82) is 0 Å². The average molecular weight is 503 g/mol. The van der Waals surface area contributed by atoms with E-state index in [2.05, 4.69) is 31.2 Å². The van der Waals surface area contributed by atoms with Gasteiger partial charge in [0.05, 0.1) is 21.1 Å². The minimum absolute atomic E-state index is 0.0483. The van der Waals surface area contributed by atoms with E-state index in [1.54, 1.807) is 0 Å². The van der Waals surface area contributed by atoms with Crippen LogP contribution in [0.25, 0.3) is 0 Å². The van der Waals surface area contributed by atoms with Crippen LogP contribution in [0.15, 0.2) is 24.3 Å². The zero-order valence-electron chi connectivity index (χ0n) is 22.9. The summed E-state index contributed by atoms with van der Waals surface area (Å²) < 4.78 is 12.1. The van der Waals surface area contributed by atoms with Gasteiger partial charge in [0.2, 0.25) is 5.34 Å². The summed E-state index contributed by atoms with van der Waals surface area (Å²) in [4.78, 5) is 19.2. The largest absolute Gasteiger partial charge is 0.373 e. The molecule has 0 amide bonds. The van der Waals surface area contributed by atoms with Crippen molar-refractivity contribution in [2.45, 2.75) is 128 Å². The molecular formula is C28H57NO4P+. The summed E-state index contributed by atoms with van der Waals surface area (Å²) in [5, 5.41) is 8.62. The fourth-order valence-corrected chi connectivity index (χ4v) is 5.37. The average Bonchev–Trinajstić information content (AvgIpc) is 2.73. The molecule has 202 valence electrons. The summed E-state index contributed by atoms with van der Waals surface area (Å²) in [6, 6.07) is 0. The standard InChI is InChI=1S/C28H56NO4P/c1-5-6-7-8-9-10-11-12-13-14-15-16-17-18-19-20-21-22-23-24-25-26-28(30,34(31,32)33)27-29(2,3)4/h12-13,20-21,30H,5-11,14-19,22-27H2,1-4H3,(H-,31,32,33)/p+1/b13-12-,21-20-. The van der Waals surface area contributed by atoms with Crippen LogP contribution in [-0.2, 0) is 4.57 Å². The molecule has 0 aromatic rings. The van der Waals surface area contributed by atoms with Gasteiger partial charge in [-0.1, -0.05) is 82.6 Å². The molecule has 0 aliphatic carbocycles. The van der Waals surface area contributed by atoms with E-state index in [9.17, 15) is 19.5 Å². The van der Waals surface area contributed by atoms with Gasteiger partial charge in [0, 0.05) is 0 Å². The molecule has 0 radical (unpaired) electrons. The molecule has 0 aliphatic heterocycles. The second-order valence-electron chi connectivity index (χ2n) is 11.1. The molecule has 0 saturated carbocycles.